The molecule has 2 heterocycles. The molecule has 3 rings (SSSR count). The van der Waals surface area contributed by atoms with Gasteiger partial charge in [-0.3, -0.25) is 4.68 Å². The highest BCUT2D eigenvalue weighted by Crippen LogP contribution is 2.37. The van der Waals surface area contributed by atoms with E-state index < -0.39 is 0 Å². The Morgan fingerprint density at radius 1 is 1.37 bits per heavy atom. The molecule has 0 amide bonds. The molecule has 0 saturated carbocycles. The molecule has 2 aromatic rings. The molecule has 1 aliphatic heterocycles. The average molecular weight is 324 g/mol. The van der Waals surface area contributed by atoms with Crippen LogP contribution in [-0.4, -0.2) is 16.6 Å². The van der Waals surface area contributed by atoms with Crippen molar-refractivity contribution >= 4 is 21.6 Å². The molecule has 0 radical (unpaired) electrons. The molecule has 5 nitrogen and oxygen atoms in total. The van der Waals surface area contributed by atoms with Crippen LogP contribution in [0.2, 0.25) is 0 Å². The van der Waals surface area contributed by atoms with Crippen LogP contribution >= 0.6 is 15.9 Å². The Kier molecular flexibility index (Phi) is 3.33. The van der Waals surface area contributed by atoms with Gasteiger partial charge in [-0.15, -0.1) is 0 Å². The number of hydrogen-bond acceptors (Lipinski definition) is 4. The van der Waals surface area contributed by atoms with Crippen LogP contribution in [0, 0.1) is 0 Å². The van der Waals surface area contributed by atoms with Gasteiger partial charge >= 0.3 is 0 Å². The zero-order chi connectivity index (χ0) is 13.2. The highest BCUT2D eigenvalue weighted by atomic mass is 79.9. The van der Waals surface area contributed by atoms with Gasteiger partial charge in [0.25, 0.3) is 0 Å². The van der Waals surface area contributed by atoms with Gasteiger partial charge in [0.1, 0.15) is 0 Å². The predicted octanol–water partition coefficient (Wildman–Crippen LogP) is 3.01. The maximum Gasteiger partial charge on any atom is 0.231 e. The highest BCUT2D eigenvalue weighted by Gasteiger charge is 2.16. The molecule has 0 atom stereocenters. The van der Waals surface area contributed by atoms with Crippen LogP contribution in [0.1, 0.15) is 12.5 Å². The number of aryl methyl sites for hydroxylation is 1. The number of ether oxygens (including phenoxy) is 2. The van der Waals surface area contributed by atoms with Crippen molar-refractivity contribution < 1.29 is 9.47 Å². The number of nitrogens with zero attached hydrogens (tertiary/aromatic N) is 2. The standard InChI is InChI=1S/C13H14BrN3O2/c1-2-17-7-10(6-16-17)15-5-9-3-12-13(4-11(9)14)19-8-18-12/h3-4,6-7,15H,2,5,8H2,1H3. The Balaban J connectivity index is 1.73. The number of halogens is 1. The molecule has 0 aliphatic carbocycles. The summed E-state index contributed by atoms with van der Waals surface area (Å²) in [6.45, 7) is 3.93. The minimum absolute atomic E-state index is 0.294. The third-order valence-electron chi connectivity index (χ3n) is 2.98. The third-order valence-corrected chi connectivity index (χ3v) is 3.72. The smallest absolute Gasteiger partial charge is 0.231 e. The summed E-state index contributed by atoms with van der Waals surface area (Å²) in [6.07, 6.45) is 3.81. The topological polar surface area (TPSA) is 48.3 Å². The van der Waals surface area contributed by atoms with Crippen molar-refractivity contribution in [2.24, 2.45) is 0 Å². The molecule has 1 N–H and O–H groups in total. The van der Waals surface area contributed by atoms with E-state index in [2.05, 4.69) is 33.3 Å². The molecule has 100 valence electrons. The first-order valence-electron chi connectivity index (χ1n) is 6.10. The van der Waals surface area contributed by atoms with E-state index in [4.69, 9.17) is 9.47 Å². The summed E-state index contributed by atoms with van der Waals surface area (Å²) in [5.41, 5.74) is 2.12. The van der Waals surface area contributed by atoms with E-state index in [0.29, 0.717) is 13.3 Å². The van der Waals surface area contributed by atoms with Gasteiger partial charge < -0.3 is 14.8 Å². The van der Waals surface area contributed by atoms with Crippen molar-refractivity contribution in [3.8, 4) is 11.5 Å². The summed E-state index contributed by atoms with van der Waals surface area (Å²) in [7, 11) is 0. The van der Waals surface area contributed by atoms with Crippen LogP contribution < -0.4 is 14.8 Å². The van der Waals surface area contributed by atoms with E-state index in [0.717, 1.165) is 33.8 Å². The van der Waals surface area contributed by atoms with Gasteiger partial charge in [0, 0.05) is 23.8 Å². The first-order valence-corrected chi connectivity index (χ1v) is 6.90. The van der Waals surface area contributed by atoms with E-state index in [1.807, 2.05) is 29.2 Å². The molecular weight excluding hydrogens is 310 g/mol. The molecule has 0 fully saturated rings. The number of anilines is 1. The van der Waals surface area contributed by atoms with Gasteiger partial charge in [-0.05, 0) is 24.6 Å². The van der Waals surface area contributed by atoms with Gasteiger partial charge in [0.15, 0.2) is 11.5 Å². The van der Waals surface area contributed by atoms with Crippen molar-refractivity contribution in [1.29, 1.82) is 0 Å². The van der Waals surface area contributed by atoms with Crippen LogP contribution in [0.25, 0.3) is 0 Å². The quantitative estimate of drug-likeness (QED) is 0.939. The minimum Gasteiger partial charge on any atom is -0.454 e. The second-order valence-corrected chi connectivity index (χ2v) is 5.09. The zero-order valence-corrected chi connectivity index (χ0v) is 12.1. The average Bonchev–Trinajstić information content (AvgIpc) is 3.03. The van der Waals surface area contributed by atoms with E-state index in [1.165, 1.54) is 0 Å². The van der Waals surface area contributed by atoms with Gasteiger partial charge in [0.05, 0.1) is 11.9 Å². The number of benzene rings is 1. The number of rotatable bonds is 4. The maximum absolute atomic E-state index is 5.38. The molecule has 1 aromatic carbocycles. The highest BCUT2D eigenvalue weighted by molar-refractivity contribution is 9.10. The van der Waals surface area contributed by atoms with Crippen LogP contribution in [0.4, 0.5) is 5.69 Å². The van der Waals surface area contributed by atoms with E-state index >= 15 is 0 Å². The Bertz CT molecular complexity index is 598. The molecule has 6 heteroatoms. The first-order chi connectivity index (χ1) is 9.26. The van der Waals surface area contributed by atoms with Crippen molar-refractivity contribution in [2.45, 2.75) is 20.0 Å². The SMILES string of the molecule is CCn1cc(NCc2cc3c(cc2Br)OCO3)cn1. The summed E-state index contributed by atoms with van der Waals surface area (Å²) >= 11 is 3.55. The van der Waals surface area contributed by atoms with E-state index in [1.54, 1.807) is 0 Å². The lowest BCUT2D eigenvalue weighted by Gasteiger charge is -2.07. The Labute approximate surface area is 119 Å². The lowest BCUT2D eigenvalue weighted by Crippen LogP contribution is -1.99. The maximum atomic E-state index is 5.38. The lowest BCUT2D eigenvalue weighted by molar-refractivity contribution is 0.174. The summed E-state index contributed by atoms with van der Waals surface area (Å²) < 4.78 is 13.6. The normalized spacial score (nSPS) is 12.7. The summed E-state index contributed by atoms with van der Waals surface area (Å²) in [5.74, 6) is 1.58. The van der Waals surface area contributed by atoms with Crippen LogP contribution in [0.15, 0.2) is 29.0 Å². The second kappa shape index (κ2) is 5.13. The summed E-state index contributed by atoms with van der Waals surface area (Å²) in [4.78, 5) is 0. The van der Waals surface area contributed by atoms with Gasteiger partial charge in [-0.1, -0.05) is 15.9 Å². The molecular formula is C13H14BrN3O2. The van der Waals surface area contributed by atoms with E-state index in [-0.39, 0.29) is 0 Å². The monoisotopic (exact) mass is 323 g/mol. The van der Waals surface area contributed by atoms with Crippen LogP contribution in [0.3, 0.4) is 0 Å². The van der Waals surface area contributed by atoms with Crippen molar-refractivity contribution in [1.82, 2.24) is 9.78 Å². The fourth-order valence-electron chi connectivity index (χ4n) is 1.92. The number of fused-ring (bicyclic) bond motifs is 1. The second-order valence-electron chi connectivity index (χ2n) is 4.24. The fraction of sp³-hybridized carbons (Fsp3) is 0.308. The molecule has 0 spiro atoms. The number of nitrogens with one attached hydrogen (secondary N) is 1. The largest absolute Gasteiger partial charge is 0.454 e. The molecule has 0 unspecified atom stereocenters. The molecule has 1 aromatic heterocycles. The lowest BCUT2D eigenvalue weighted by atomic mass is 10.2. The van der Waals surface area contributed by atoms with Gasteiger partial charge in [-0.25, -0.2) is 0 Å². The number of hydrogen-bond donors (Lipinski definition) is 1. The number of aromatic nitrogens is 2. The van der Waals surface area contributed by atoms with E-state index in [9.17, 15) is 0 Å². The van der Waals surface area contributed by atoms with Crippen molar-refractivity contribution in [2.75, 3.05) is 12.1 Å². The summed E-state index contributed by atoms with van der Waals surface area (Å²) in [6, 6.07) is 3.93. The Morgan fingerprint density at radius 2 is 2.16 bits per heavy atom. The molecule has 19 heavy (non-hydrogen) atoms. The third kappa shape index (κ3) is 2.53. The van der Waals surface area contributed by atoms with Crippen LogP contribution in [0.5, 0.6) is 11.5 Å². The van der Waals surface area contributed by atoms with Gasteiger partial charge in [-0.2, -0.15) is 5.10 Å². The summed E-state index contributed by atoms with van der Waals surface area (Å²) in [5, 5.41) is 7.56. The minimum atomic E-state index is 0.294. The zero-order valence-electron chi connectivity index (χ0n) is 10.5. The predicted molar refractivity (Wildman–Crippen MR) is 75.5 cm³/mol. The molecule has 0 saturated heterocycles. The van der Waals surface area contributed by atoms with Crippen LogP contribution in [-0.2, 0) is 13.1 Å². The molecule has 1 aliphatic rings. The fourth-order valence-corrected chi connectivity index (χ4v) is 2.38. The van der Waals surface area contributed by atoms with Crippen molar-refractivity contribution in [3.05, 3.63) is 34.6 Å². The molecule has 0 bridgehead atoms. The van der Waals surface area contributed by atoms with Crippen molar-refractivity contribution in [3.63, 3.8) is 0 Å². The van der Waals surface area contributed by atoms with Gasteiger partial charge in [0.2, 0.25) is 6.79 Å². The first kappa shape index (κ1) is 12.3. The Morgan fingerprint density at radius 3 is 2.89 bits per heavy atom. The Hall–Kier alpha value is -1.69.